The molecule has 0 atom stereocenters. The van der Waals surface area contributed by atoms with E-state index in [1.807, 2.05) is 42.5 Å². The first-order valence-electron chi connectivity index (χ1n) is 10.5. The normalized spacial score (nSPS) is 13.0. The second-order valence-electron chi connectivity index (χ2n) is 8.80. The molecule has 0 unspecified atom stereocenters. The molecular weight excluding hydrogens is 388 g/mol. The summed E-state index contributed by atoms with van der Waals surface area (Å²) in [6, 6.07) is 15.0. The number of rotatable bonds is 4. The molecule has 0 aliphatic heterocycles. The predicted octanol–water partition coefficient (Wildman–Crippen LogP) is 5.27. The first-order valence-corrected chi connectivity index (χ1v) is 10.5. The molecule has 0 saturated carbocycles. The average Bonchev–Trinajstić information content (AvgIpc) is 3.18. The number of amides is 2. The van der Waals surface area contributed by atoms with Crippen LogP contribution in [0.4, 0.5) is 16.3 Å². The van der Waals surface area contributed by atoms with Crippen LogP contribution in [0, 0.1) is 0 Å². The van der Waals surface area contributed by atoms with Crippen molar-refractivity contribution in [2.75, 3.05) is 10.6 Å². The van der Waals surface area contributed by atoms with Gasteiger partial charge in [-0.1, -0.05) is 57.2 Å². The van der Waals surface area contributed by atoms with Gasteiger partial charge in [0.15, 0.2) is 0 Å². The van der Waals surface area contributed by atoms with Gasteiger partial charge in [0.1, 0.15) is 5.82 Å². The second-order valence-corrected chi connectivity index (χ2v) is 8.80. The maximum atomic E-state index is 12.9. The minimum atomic E-state index is -0.327. The third-order valence-electron chi connectivity index (χ3n) is 5.37. The van der Waals surface area contributed by atoms with Crippen LogP contribution in [0.2, 0.25) is 0 Å². The first-order chi connectivity index (χ1) is 14.8. The molecule has 160 valence electrons. The molecule has 0 fully saturated rings. The predicted molar refractivity (Wildman–Crippen MR) is 125 cm³/mol. The van der Waals surface area contributed by atoms with Gasteiger partial charge in [0.05, 0.1) is 18.0 Å². The molecule has 1 aliphatic rings. The molecule has 2 amide bonds. The maximum absolute atomic E-state index is 12.9. The molecule has 6 nitrogen and oxygen atoms in total. The van der Waals surface area contributed by atoms with Crippen molar-refractivity contribution in [3.8, 4) is 5.69 Å². The van der Waals surface area contributed by atoms with Crippen LogP contribution in [0.15, 0.2) is 54.6 Å². The number of benzene rings is 2. The summed E-state index contributed by atoms with van der Waals surface area (Å²) in [6.45, 7) is 6.18. The number of carbonyl (C=O) groups is 1. The van der Waals surface area contributed by atoms with E-state index < -0.39 is 0 Å². The van der Waals surface area contributed by atoms with Gasteiger partial charge in [-0.05, 0) is 42.2 Å². The number of aliphatic hydroxyl groups excluding tert-OH is 1. The number of nitrogens with zero attached hydrogens (tertiary/aromatic N) is 2. The summed E-state index contributed by atoms with van der Waals surface area (Å²) in [5.74, 6) is 0.567. The Balaban J connectivity index is 1.64. The highest BCUT2D eigenvalue weighted by Crippen LogP contribution is 2.28. The fourth-order valence-electron chi connectivity index (χ4n) is 3.67. The molecule has 0 saturated heterocycles. The Hall–Kier alpha value is -3.38. The van der Waals surface area contributed by atoms with E-state index in [0.29, 0.717) is 5.82 Å². The van der Waals surface area contributed by atoms with Crippen molar-refractivity contribution >= 4 is 23.6 Å². The van der Waals surface area contributed by atoms with Crippen LogP contribution in [0.3, 0.4) is 0 Å². The summed E-state index contributed by atoms with van der Waals surface area (Å²) >= 11 is 0. The molecule has 1 heterocycles. The lowest BCUT2D eigenvalue weighted by molar-refractivity contribution is 0.262. The van der Waals surface area contributed by atoms with E-state index in [1.165, 1.54) is 5.56 Å². The number of hydrogen-bond donors (Lipinski definition) is 3. The number of nitrogens with one attached hydrogen (secondary N) is 2. The SMILES string of the molecule is CC(C)(C)c1cc(NC(=O)Nc2cccc3c2C=CCC3)n(-c2cccc(CO)c2)n1. The van der Waals surface area contributed by atoms with Gasteiger partial charge in [-0.3, -0.25) is 5.32 Å². The van der Waals surface area contributed by atoms with E-state index in [4.69, 9.17) is 5.10 Å². The molecule has 3 aromatic rings. The molecule has 3 N–H and O–H groups in total. The largest absolute Gasteiger partial charge is 0.392 e. The molecule has 1 aliphatic carbocycles. The lowest BCUT2D eigenvalue weighted by Gasteiger charge is -2.16. The highest BCUT2D eigenvalue weighted by molar-refractivity contribution is 6.01. The van der Waals surface area contributed by atoms with Crippen molar-refractivity contribution in [3.63, 3.8) is 0 Å². The summed E-state index contributed by atoms with van der Waals surface area (Å²) in [5, 5.41) is 20.2. The number of urea groups is 1. The van der Waals surface area contributed by atoms with Crippen LogP contribution >= 0.6 is 0 Å². The van der Waals surface area contributed by atoms with E-state index >= 15 is 0 Å². The highest BCUT2D eigenvalue weighted by Gasteiger charge is 2.22. The smallest absolute Gasteiger partial charge is 0.324 e. The topological polar surface area (TPSA) is 79.2 Å². The summed E-state index contributed by atoms with van der Waals surface area (Å²) in [6.07, 6.45) is 6.19. The van der Waals surface area contributed by atoms with Gasteiger partial charge in [0, 0.05) is 22.7 Å². The quantitative estimate of drug-likeness (QED) is 0.542. The number of aryl methyl sites for hydroxylation is 1. The Kier molecular flexibility index (Phi) is 5.65. The fraction of sp³-hybridized carbons (Fsp3) is 0.280. The molecule has 0 spiro atoms. The standard InChI is InChI=1S/C25H28N4O2/c1-25(2,3)22-15-23(29(28-22)19-11-6-8-17(14-19)16-30)27-24(31)26-21-13-7-10-18-9-4-5-12-20(18)21/h5-8,10-15,30H,4,9,16H2,1-3H3,(H2,26,27,31). The number of aliphatic hydroxyl groups is 1. The number of anilines is 2. The summed E-state index contributed by atoms with van der Waals surface area (Å²) in [4.78, 5) is 12.9. The number of allylic oxidation sites excluding steroid dienone is 1. The van der Waals surface area contributed by atoms with Gasteiger partial charge in [-0.2, -0.15) is 5.10 Å². The van der Waals surface area contributed by atoms with Gasteiger partial charge in [-0.25, -0.2) is 9.48 Å². The number of carbonyl (C=O) groups excluding carboxylic acids is 1. The van der Waals surface area contributed by atoms with Crippen molar-refractivity contribution in [1.29, 1.82) is 0 Å². The Morgan fingerprint density at radius 1 is 1.13 bits per heavy atom. The molecule has 31 heavy (non-hydrogen) atoms. The van der Waals surface area contributed by atoms with Gasteiger partial charge in [0.25, 0.3) is 0 Å². The Morgan fingerprint density at radius 3 is 2.71 bits per heavy atom. The summed E-state index contributed by atoms with van der Waals surface area (Å²) in [7, 11) is 0. The number of aromatic nitrogens is 2. The van der Waals surface area contributed by atoms with E-state index in [0.717, 1.165) is 41.0 Å². The molecule has 6 heteroatoms. The van der Waals surface area contributed by atoms with Crippen LogP contribution in [0.5, 0.6) is 0 Å². The van der Waals surface area contributed by atoms with Crippen LogP contribution in [0.25, 0.3) is 11.8 Å². The Bertz CT molecular complexity index is 1140. The van der Waals surface area contributed by atoms with E-state index in [-0.39, 0.29) is 18.1 Å². The van der Waals surface area contributed by atoms with Gasteiger partial charge in [-0.15, -0.1) is 0 Å². The number of hydrogen-bond acceptors (Lipinski definition) is 3. The van der Waals surface area contributed by atoms with Crippen LogP contribution in [-0.2, 0) is 18.4 Å². The second kappa shape index (κ2) is 8.40. The van der Waals surface area contributed by atoms with Crippen molar-refractivity contribution in [3.05, 3.63) is 77.0 Å². The minimum absolute atomic E-state index is 0.0584. The van der Waals surface area contributed by atoms with Crippen LogP contribution in [0.1, 0.15) is 49.6 Å². The monoisotopic (exact) mass is 416 g/mol. The molecule has 1 aromatic heterocycles. The van der Waals surface area contributed by atoms with Crippen molar-refractivity contribution in [1.82, 2.24) is 9.78 Å². The first kappa shape index (κ1) is 20.9. The van der Waals surface area contributed by atoms with Crippen molar-refractivity contribution in [2.45, 2.75) is 45.6 Å². The minimum Gasteiger partial charge on any atom is -0.392 e. The lowest BCUT2D eigenvalue weighted by atomic mass is 9.92. The molecule has 2 aromatic carbocycles. The van der Waals surface area contributed by atoms with E-state index in [9.17, 15) is 9.90 Å². The lowest BCUT2D eigenvalue weighted by Crippen LogP contribution is -2.22. The van der Waals surface area contributed by atoms with Gasteiger partial charge >= 0.3 is 6.03 Å². The van der Waals surface area contributed by atoms with E-state index in [1.54, 1.807) is 4.68 Å². The number of fused-ring (bicyclic) bond motifs is 1. The summed E-state index contributed by atoms with van der Waals surface area (Å²) < 4.78 is 1.71. The third-order valence-corrected chi connectivity index (χ3v) is 5.37. The molecule has 0 bridgehead atoms. The van der Waals surface area contributed by atoms with Crippen molar-refractivity contribution < 1.29 is 9.90 Å². The van der Waals surface area contributed by atoms with E-state index in [2.05, 4.69) is 49.6 Å². The van der Waals surface area contributed by atoms with Gasteiger partial charge in [0.2, 0.25) is 0 Å². The van der Waals surface area contributed by atoms with Crippen molar-refractivity contribution in [2.24, 2.45) is 0 Å². The van der Waals surface area contributed by atoms with Crippen LogP contribution < -0.4 is 10.6 Å². The molecule has 0 radical (unpaired) electrons. The maximum Gasteiger partial charge on any atom is 0.324 e. The highest BCUT2D eigenvalue weighted by atomic mass is 16.3. The fourth-order valence-corrected chi connectivity index (χ4v) is 3.67. The molecular formula is C25H28N4O2. The zero-order chi connectivity index (χ0) is 22.0. The third kappa shape index (κ3) is 4.54. The Labute approximate surface area is 182 Å². The summed E-state index contributed by atoms with van der Waals surface area (Å²) in [5.41, 5.74) is 5.31. The van der Waals surface area contributed by atoms with Gasteiger partial charge < -0.3 is 10.4 Å². The zero-order valence-corrected chi connectivity index (χ0v) is 18.1. The Morgan fingerprint density at radius 2 is 1.94 bits per heavy atom. The zero-order valence-electron chi connectivity index (χ0n) is 18.1. The van der Waals surface area contributed by atoms with Crippen LogP contribution in [-0.4, -0.2) is 20.9 Å². The molecule has 4 rings (SSSR count). The average molecular weight is 417 g/mol.